The Morgan fingerprint density at radius 1 is 1.18 bits per heavy atom. The molecule has 0 aliphatic carbocycles. The van der Waals surface area contributed by atoms with Gasteiger partial charge < -0.3 is 15.2 Å². The molecule has 0 radical (unpaired) electrons. The van der Waals surface area contributed by atoms with Crippen molar-refractivity contribution < 1.29 is 19.4 Å². The van der Waals surface area contributed by atoms with Gasteiger partial charge in [0.25, 0.3) is 5.91 Å². The molecule has 1 aromatic carbocycles. The summed E-state index contributed by atoms with van der Waals surface area (Å²) in [6.07, 6.45) is 0. The summed E-state index contributed by atoms with van der Waals surface area (Å²) in [5, 5.41) is 11.7. The molecule has 0 saturated heterocycles. The normalized spacial score (nSPS) is 11.7. The molecule has 22 heavy (non-hydrogen) atoms. The van der Waals surface area contributed by atoms with Crippen molar-refractivity contribution in [2.24, 2.45) is 0 Å². The Labute approximate surface area is 132 Å². The summed E-state index contributed by atoms with van der Waals surface area (Å²) >= 11 is 0.964. The van der Waals surface area contributed by atoms with Crippen molar-refractivity contribution in [1.82, 2.24) is 5.32 Å². The maximum absolute atomic E-state index is 12.1. The molecule has 0 spiro atoms. The molecular formula is C16H17NO4S. The average molecular weight is 319 g/mol. The van der Waals surface area contributed by atoms with Crippen LogP contribution in [-0.4, -0.2) is 23.6 Å². The van der Waals surface area contributed by atoms with Gasteiger partial charge in [-0.15, -0.1) is 11.3 Å². The molecule has 1 heterocycles. The second kappa shape index (κ2) is 7.09. The number of hydrogen-bond acceptors (Lipinski definition) is 4. The van der Waals surface area contributed by atoms with Crippen LogP contribution in [0.2, 0.25) is 0 Å². The molecule has 0 bridgehead atoms. The first-order chi connectivity index (χ1) is 10.5. The highest BCUT2D eigenvalue weighted by atomic mass is 32.1. The minimum absolute atomic E-state index is 0.152. The van der Waals surface area contributed by atoms with Crippen LogP contribution in [0.4, 0.5) is 0 Å². The first-order valence-corrected chi connectivity index (χ1v) is 7.69. The van der Waals surface area contributed by atoms with Gasteiger partial charge in [0.2, 0.25) is 0 Å². The second-order valence-corrected chi connectivity index (χ2v) is 5.75. The predicted octanol–water partition coefficient (Wildman–Crippen LogP) is 3.34. The molecule has 0 aliphatic rings. The Balaban J connectivity index is 2.02. The Morgan fingerprint density at radius 3 is 2.36 bits per heavy atom. The zero-order valence-electron chi connectivity index (χ0n) is 12.3. The number of thiophene rings is 1. The number of nitrogens with one attached hydrogen (secondary N) is 1. The number of hydrogen-bond donors (Lipinski definition) is 2. The van der Waals surface area contributed by atoms with E-state index in [0.717, 1.165) is 22.6 Å². The maximum atomic E-state index is 12.1. The number of carboxylic acids is 1. The molecule has 6 heteroatoms. The van der Waals surface area contributed by atoms with Crippen LogP contribution < -0.4 is 10.1 Å². The van der Waals surface area contributed by atoms with E-state index in [9.17, 15) is 9.59 Å². The minimum atomic E-state index is -1.02. The number of carboxylic acid groups (broad SMARTS) is 1. The van der Waals surface area contributed by atoms with Crippen molar-refractivity contribution in [3.05, 3.63) is 51.7 Å². The van der Waals surface area contributed by atoms with E-state index >= 15 is 0 Å². The molecule has 0 fully saturated rings. The van der Waals surface area contributed by atoms with Gasteiger partial charge in [0.1, 0.15) is 10.6 Å². The summed E-state index contributed by atoms with van der Waals surface area (Å²) in [6.45, 7) is 4.40. The fraction of sp³-hybridized carbons (Fsp3) is 0.250. The van der Waals surface area contributed by atoms with Gasteiger partial charge >= 0.3 is 5.97 Å². The maximum Gasteiger partial charge on any atom is 0.345 e. The van der Waals surface area contributed by atoms with Gasteiger partial charge in [-0.3, -0.25) is 4.79 Å². The summed E-state index contributed by atoms with van der Waals surface area (Å²) in [6, 6.07) is 10.3. The molecule has 1 aromatic heterocycles. The second-order valence-electron chi connectivity index (χ2n) is 4.67. The average Bonchev–Trinajstić information content (AvgIpc) is 2.98. The fourth-order valence-corrected chi connectivity index (χ4v) is 2.69. The van der Waals surface area contributed by atoms with Crippen LogP contribution in [0.25, 0.3) is 0 Å². The third-order valence-electron chi connectivity index (χ3n) is 3.08. The molecular weight excluding hydrogens is 302 g/mol. The van der Waals surface area contributed by atoms with E-state index in [1.54, 1.807) is 0 Å². The molecule has 5 nitrogen and oxygen atoms in total. The first-order valence-electron chi connectivity index (χ1n) is 6.88. The van der Waals surface area contributed by atoms with Crippen LogP contribution >= 0.6 is 11.3 Å². The van der Waals surface area contributed by atoms with Gasteiger partial charge in [-0.05, 0) is 43.7 Å². The van der Waals surface area contributed by atoms with Gasteiger partial charge in [0.05, 0.1) is 17.5 Å². The van der Waals surface area contributed by atoms with E-state index in [4.69, 9.17) is 9.84 Å². The summed E-state index contributed by atoms with van der Waals surface area (Å²) in [7, 11) is 0. The van der Waals surface area contributed by atoms with Crippen LogP contribution in [0.1, 0.15) is 44.8 Å². The highest BCUT2D eigenvalue weighted by Gasteiger charge is 2.15. The molecule has 2 aromatic rings. The Hall–Kier alpha value is -2.34. The van der Waals surface area contributed by atoms with Crippen LogP contribution in [-0.2, 0) is 0 Å². The van der Waals surface area contributed by atoms with Gasteiger partial charge in [-0.1, -0.05) is 12.1 Å². The smallest absolute Gasteiger partial charge is 0.345 e. The predicted molar refractivity (Wildman–Crippen MR) is 84.8 cm³/mol. The van der Waals surface area contributed by atoms with E-state index < -0.39 is 5.97 Å². The number of ether oxygens (including phenoxy) is 1. The Morgan fingerprint density at radius 2 is 1.82 bits per heavy atom. The van der Waals surface area contributed by atoms with Crippen molar-refractivity contribution in [2.75, 3.05) is 6.61 Å². The van der Waals surface area contributed by atoms with Gasteiger partial charge in [-0.25, -0.2) is 4.79 Å². The molecule has 116 valence electrons. The molecule has 2 rings (SSSR count). The third kappa shape index (κ3) is 3.85. The lowest BCUT2D eigenvalue weighted by Crippen LogP contribution is -2.25. The van der Waals surface area contributed by atoms with E-state index in [2.05, 4.69) is 5.32 Å². The van der Waals surface area contributed by atoms with Crippen molar-refractivity contribution in [2.45, 2.75) is 19.9 Å². The Bertz CT molecular complexity index is 663. The van der Waals surface area contributed by atoms with Crippen molar-refractivity contribution >= 4 is 23.2 Å². The SMILES string of the molecule is CCOc1ccc(C(C)NC(=O)c2ccc(C(=O)O)s2)cc1. The van der Waals surface area contributed by atoms with E-state index in [1.807, 2.05) is 38.1 Å². The topological polar surface area (TPSA) is 75.6 Å². The summed E-state index contributed by atoms with van der Waals surface area (Å²) in [5.41, 5.74) is 0.951. The third-order valence-corrected chi connectivity index (χ3v) is 4.15. The van der Waals surface area contributed by atoms with Gasteiger partial charge in [0.15, 0.2) is 0 Å². The number of amides is 1. The molecule has 1 atom stereocenters. The molecule has 0 saturated carbocycles. The number of aromatic carboxylic acids is 1. The van der Waals surface area contributed by atoms with E-state index in [1.165, 1.54) is 12.1 Å². The molecule has 2 N–H and O–H groups in total. The van der Waals surface area contributed by atoms with Crippen LogP contribution in [0.3, 0.4) is 0 Å². The monoisotopic (exact) mass is 319 g/mol. The largest absolute Gasteiger partial charge is 0.494 e. The van der Waals surface area contributed by atoms with Gasteiger partial charge in [-0.2, -0.15) is 0 Å². The standard InChI is InChI=1S/C16H17NO4S/c1-3-21-12-6-4-11(5-7-12)10(2)17-15(18)13-8-9-14(22-13)16(19)20/h4-10H,3H2,1-2H3,(H,17,18)(H,19,20). The van der Waals surface area contributed by atoms with Crippen molar-refractivity contribution in [1.29, 1.82) is 0 Å². The van der Waals surface area contributed by atoms with Crippen LogP contribution in [0, 0.1) is 0 Å². The zero-order valence-corrected chi connectivity index (χ0v) is 13.1. The quantitative estimate of drug-likeness (QED) is 0.856. The highest BCUT2D eigenvalue weighted by Crippen LogP contribution is 2.20. The number of carbonyl (C=O) groups excluding carboxylic acids is 1. The molecule has 0 aliphatic heterocycles. The number of carbonyl (C=O) groups is 2. The molecule has 1 amide bonds. The summed E-state index contributed by atoms with van der Waals surface area (Å²) in [4.78, 5) is 23.5. The minimum Gasteiger partial charge on any atom is -0.494 e. The lowest BCUT2D eigenvalue weighted by atomic mass is 10.1. The summed E-state index contributed by atoms with van der Waals surface area (Å²) < 4.78 is 5.37. The van der Waals surface area contributed by atoms with Crippen LogP contribution in [0.5, 0.6) is 5.75 Å². The van der Waals surface area contributed by atoms with E-state index in [-0.39, 0.29) is 16.8 Å². The Kier molecular flexibility index (Phi) is 5.16. The first kappa shape index (κ1) is 16.0. The zero-order chi connectivity index (χ0) is 16.1. The van der Waals surface area contributed by atoms with Crippen molar-refractivity contribution in [3.63, 3.8) is 0 Å². The van der Waals surface area contributed by atoms with E-state index in [0.29, 0.717) is 11.5 Å². The van der Waals surface area contributed by atoms with Crippen LogP contribution in [0.15, 0.2) is 36.4 Å². The highest BCUT2D eigenvalue weighted by molar-refractivity contribution is 7.15. The van der Waals surface area contributed by atoms with Gasteiger partial charge in [0, 0.05) is 0 Å². The summed E-state index contributed by atoms with van der Waals surface area (Å²) in [5.74, 6) is -0.517. The lowest BCUT2D eigenvalue weighted by molar-refractivity contribution is 0.0702. The number of benzene rings is 1. The van der Waals surface area contributed by atoms with Crippen molar-refractivity contribution in [3.8, 4) is 5.75 Å². The lowest BCUT2D eigenvalue weighted by Gasteiger charge is -2.14. The number of rotatable bonds is 6. The fourth-order valence-electron chi connectivity index (χ4n) is 1.95. The molecule has 1 unspecified atom stereocenters.